The lowest BCUT2D eigenvalue weighted by atomic mass is 10.0. The molecule has 0 fully saturated rings. The van der Waals surface area contributed by atoms with E-state index in [2.05, 4.69) is 62.5 Å². The van der Waals surface area contributed by atoms with E-state index in [0.29, 0.717) is 23.9 Å². The van der Waals surface area contributed by atoms with Crippen molar-refractivity contribution in [3.8, 4) is 0 Å². The summed E-state index contributed by atoms with van der Waals surface area (Å²) in [7, 11) is 5.98. The molecule has 0 aromatic rings. The molecular weight excluding hydrogens is 971 g/mol. The van der Waals surface area contributed by atoms with Gasteiger partial charge in [0.2, 0.25) is 0 Å². The molecule has 0 rings (SSSR count). The fraction of sp³-hybridized carbons (Fsp3) is 0.841. The van der Waals surface area contributed by atoms with Crippen LogP contribution in [0.3, 0.4) is 0 Å². The molecule has 0 saturated carbocycles. The average Bonchev–Trinajstić information content (AvgIpc) is 3.41. The zero-order chi connectivity index (χ0) is 56.9. The highest BCUT2D eigenvalue weighted by molar-refractivity contribution is 5.71. The molecule has 2 unspecified atom stereocenters. The number of carboxylic acid groups (broad SMARTS) is 1. The van der Waals surface area contributed by atoms with Gasteiger partial charge in [-0.15, -0.1) is 0 Å². The summed E-state index contributed by atoms with van der Waals surface area (Å²) in [5.74, 6) is -2.00. The summed E-state index contributed by atoms with van der Waals surface area (Å²) in [6.07, 6.45) is 73.7. The Morgan fingerprint density at radius 2 is 0.731 bits per heavy atom. The lowest BCUT2D eigenvalue weighted by Gasteiger charge is -2.25. The maximum Gasteiger partial charge on any atom is 0.361 e. The van der Waals surface area contributed by atoms with Crippen LogP contribution in [0.1, 0.15) is 316 Å². The Balaban J connectivity index is 4.07. The van der Waals surface area contributed by atoms with Crippen molar-refractivity contribution >= 4 is 17.9 Å². The lowest BCUT2D eigenvalue weighted by molar-refractivity contribution is -0.870. The Morgan fingerprint density at radius 3 is 1.09 bits per heavy atom. The van der Waals surface area contributed by atoms with Gasteiger partial charge in [-0.2, -0.15) is 0 Å². The van der Waals surface area contributed by atoms with E-state index in [1.165, 1.54) is 212 Å². The van der Waals surface area contributed by atoms with E-state index in [0.717, 1.165) is 70.6 Å². The van der Waals surface area contributed by atoms with E-state index in [1.807, 2.05) is 21.1 Å². The first-order valence-corrected chi connectivity index (χ1v) is 33.3. The van der Waals surface area contributed by atoms with E-state index in [1.54, 1.807) is 0 Å². The first-order chi connectivity index (χ1) is 38.1. The van der Waals surface area contributed by atoms with Crippen molar-refractivity contribution in [3.05, 3.63) is 48.6 Å². The smallest absolute Gasteiger partial charge is 0.361 e. The van der Waals surface area contributed by atoms with Crippen molar-refractivity contribution in [1.29, 1.82) is 0 Å². The molecule has 0 radical (unpaired) electrons. The van der Waals surface area contributed by atoms with Gasteiger partial charge in [-0.25, -0.2) is 4.79 Å². The number of aliphatic carboxylic acids is 1. The molecule has 0 amide bonds. The van der Waals surface area contributed by atoms with Crippen molar-refractivity contribution < 1.29 is 42.9 Å². The van der Waals surface area contributed by atoms with E-state index in [9.17, 15) is 19.5 Å². The summed E-state index contributed by atoms with van der Waals surface area (Å²) in [4.78, 5) is 37.5. The number of likely N-dealkylation sites (N-methyl/N-ethyl adjacent to an activating group) is 1. The summed E-state index contributed by atoms with van der Waals surface area (Å²) in [6.45, 7) is 4.80. The van der Waals surface area contributed by atoms with Crippen LogP contribution in [0.4, 0.5) is 0 Å². The van der Waals surface area contributed by atoms with Gasteiger partial charge in [-0.3, -0.25) is 9.59 Å². The van der Waals surface area contributed by atoms with Crippen molar-refractivity contribution in [2.45, 2.75) is 328 Å². The van der Waals surface area contributed by atoms with Crippen LogP contribution in [0.25, 0.3) is 0 Å². The molecule has 0 aliphatic rings. The molecule has 1 N–H and O–H groups in total. The van der Waals surface area contributed by atoms with Crippen LogP contribution in [-0.2, 0) is 33.3 Å². The number of hydrogen-bond donors (Lipinski definition) is 1. The Labute approximate surface area is 482 Å². The number of carbonyl (C=O) groups excluding carboxylic acids is 2. The van der Waals surface area contributed by atoms with Crippen LogP contribution in [0, 0.1) is 0 Å². The number of ether oxygens (including phenoxy) is 4. The minimum Gasteiger partial charge on any atom is -0.477 e. The monoisotopic (exact) mass is 1100 g/mol. The van der Waals surface area contributed by atoms with Crippen LogP contribution < -0.4 is 0 Å². The van der Waals surface area contributed by atoms with Gasteiger partial charge in [0.15, 0.2) is 6.10 Å². The quantitative estimate of drug-likeness (QED) is 0.0211. The van der Waals surface area contributed by atoms with Crippen molar-refractivity contribution in [1.82, 2.24) is 0 Å². The highest BCUT2D eigenvalue weighted by Gasteiger charge is 2.25. The summed E-state index contributed by atoms with van der Waals surface area (Å²) >= 11 is 0. The molecule has 0 aliphatic carbocycles. The number of rotatable bonds is 62. The summed E-state index contributed by atoms with van der Waals surface area (Å²) in [5.41, 5.74) is 0. The third-order valence-electron chi connectivity index (χ3n) is 14.8. The lowest BCUT2D eigenvalue weighted by Crippen LogP contribution is -2.40. The molecule has 456 valence electrons. The first-order valence-electron chi connectivity index (χ1n) is 33.3. The molecule has 0 saturated heterocycles. The Morgan fingerprint density at radius 1 is 0.397 bits per heavy atom. The second-order valence-electron chi connectivity index (χ2n) is 23.8. The number of carbonyl (C=O) groups is 3. The van der Waals surface area contributed by atoms with Gasteiger partial charge in [-0.1, -0.05) is 300 Å². The Kier molecular flexibility index (Phi) is 58.2. The second-order valence-corrected chi connectivity index (χ2v) is 23.8. The minimum absolute atomic E-state index is 0.183. The topological polar surface area (TPSA) is 108 Å². The predicted octanol–water partition coefficient (Wildman–Crippen LogP) is 20.2. The zero-order valence-corrected chi connectivity index (χ0v) is 52.1. The third kappa shape index (κ3) is 60.9. The first kappa shape index (κ1) is 75.2. The molecule has 9 nitrogen and oxygen atoms in total. The van der Waals surface area contributed by atoms with Crippen LogP contribution >= 0.6 is 0 Å². The van der Waals surface area contributed by atoms with E-state index >= 15 is 0 Å². The number of esters is 2. The molecule has 2 atom stereocenters. The number of allylic oxidation sites excluding steroid dienone is 8. The number of hydrogen-bond acceptors (Lipinski definition) is 7. The largest absolute Gasteiger partial charge is 0.477 e. The predicted molar refractivity (Wildman–Crippen MR) is 332 cm³/mol. The van der Waals surface area contributed by atoms with Crippen molar-refractivity contribution in [2.24, 2.45) is 0 Å². The van der Waals surface area contributed by atoms with Gasteiger partial charge < -0.3 is 28.5 Å². The Bertz CT molecular complexity index is 1420. The average molecular weight is 1100 g/mol. The molecule has 78 heavy (non-hydrogen) atoms. The molecule has 0 aromatic heterocycles. The van der Waals surface area contributed by atoms with Crippen molar-refractivity contribution in [3.63, 3.8) is 0 Å². The normalized spacial score (nSPS) is 13.0. The SMILES string of the molecule is CC/C=C\C/C=C\C/C=C\C/C=C\CCCCCCCCCCC(=O)OC(COC(=O)CCCCCCCCCCCCCCCCCCCCCCCCCCCCCCCCCC)COC(OCC[N+](C)(C)C)C(=O)O. The summed E-state index contributed by atoms with van der Waals surface area (Å²) < 4.78 is 22.9. The van der Waals surface area contributed by atoms with Gasteiger partial charge in [0.1, 0.15) is 13.2 Å². The van der Waals surface area contributed by atoms with Crippen LogP contribution in [0.15, 0.2) is 48.6 Å². The minimum atomic E-state index is -1.51. The van der Waals surface area contributed by atoms with Crippen LogP contribution in [-0.4, -0.2) is 87.4 Å². The van der Waals surface area contributed by atoms with Gasteiger partial charge in [0.05, 0.1) is 34.4 Å². The molecule has 0 heterocycles. The van der Waals surface area contributed by atoms with E-state index in [-0.39, 0.29) is 32.2 Å². The highest BCUT2D eigenvalue weighted by Crippen LogP contribution is 2.18. The fourth-order valence-corrected chi connectivity index (χ4v) is 9.77. The van der Waals surface area contributed by atoms with Crippen LogP contribution in [0.5, 0.6) is 0 Å². The van der Waals surface area contributed by atoms with Gasteiger partial charge in [0.25, 0.3) is 6.29 Å². The second kappa shape index (κ2) is 60.3. The number of nitrogens with zero attached hydrogens (tertiary/aromatic N) is 1. The molecular formula is C69H128NO8+. The number of carboxylic acids is 1. The van der Waals surface area contributed by atoms with Crippen LogP contribution in [0.2, 0.25) is 0 Å². The fourth-order valence-electron chi connectivity index (χ4n) is 9.77. The molecule has 0 bridgehead atoms. The van der Waals surface area contributed by atoms with Gasteiger partial charge in [0, 0.05) is 12.8 Å². The Hall–Kier alpha value is -2.75. The summed E-state index contributed by atoms with van der Waals surface area (Å²) in [5, 5.41) is 9.73. The zero-order valence-electron chi connectivity index (χ0n) is 52.1. The molecule has 0 spiro atoms. The number of unbranched alkanes of at least 4 members (excludes halogenated alkanes) is 39. The maximum absolute atomic E-state index is 12.9. The maximum atomic E-state index is 12.9. The van der Waals surface area contributed by atoms with E-state index < -0.39 is 24.3 Å². The molecule has 0 aromatic carbocycles. The van der Waals surface area contributed by atoms with Gasteiger partial charge in [-0.05, 0) is 51.4 Å². The highest BCUT2D eigenvalue weighted by atomic mass is 16.7. The third-order valence-corrected chi connectivity index (χ3v) is 14.8. The molecule has 9 heteroatoms. The number of quaternary nitrogens is 1. The van der Waals surface area contributed by atoms with Crippen molar-refractivity contribution in [2.75, 3.05) is 47.5 Å². The molecule has 0 aliphatic heterocycles. The summed E-state index contributed by atoms with van der Waals surface area (Å²) in [6, 6.07) is 0. The van der Waals surface area contributed by atoms with Gasteiger partial charge >= 0.3 is 17.9 Å². The standard InChI is InChI=1S/C69H127NO8/c1-6-8-10-12-14-16-18-20-22-24-26-28-29-30-31-32-33-34-35-36-37-38-40-41-43-45-47-49-51-53-55-57-59-66(71)76-63-65(64-77-69(68(73)74)75-62-61-70(3,4)5)78-67(72)60-58-56-54-52-50-48-46-44-42-39-27-25-23-21-19-17-15-13-11-9-7-2/h9,11,15,17,21,23,27,39,65,69H,6-8,10,12-14,16,18-20,22,24-26,28-38,40-64H2,1-5H3/p+1/b11-9-,17-15-,23-21-,39-27-. The van der Waals surface area contributed by atoms with E-state index in [4.69, 9.17) is 18.9 Å².